The van der Waals surface area contributed by atoms with Gasteiger partial charge in [0.2, 0.25) is 0 Å². The van der Waals surface area contributed by atoms with E-state index in [9.17, 15) is 9.90 Å². The van der Waals surface area contributed by atoms with Gasteiger partial charge in [-0.15, -0.1) is 0 Å². The minimum atomic E-state index is -0.999. The Kier molecular flexibility index (Phi) is 4.93. The molecule has 2 fully saturated rings. The molecular weight excluding hydrogens is 330 g/mol. The fourth-order valence-electron chi connectivity index (χ4n) is 3.88. The van der Waals surface area contributed by atoms with Crippen molar-refractivity contribution < 1.29 is 14.6 Å². The number of aromatic carboxylic acids is 1. The summed E-state index contributed by atoms with van der Waals surface area (Å²) < 4.78 is 6.27. The summed E-state index contributed by atoms with van der Waals surface area (Å²) in [5, 5.41) is 13.6. The highest BCUT2D eigenvalue weighted by molar-refractivity contribution is 5.98. The lowest BCUT2D eigenvalue weighted by atomic mass is 10.1. The quantitative estimate of drug-likeness (QED) is 0.878. The number of carboxylic acids is 1. The van der Waals surface area contributed by atoms with E-state index in [1.54, 1.807) is 6.07 Å². The SMILES string of the molecule is O=C(O)c1ccc2c(OC3CCNCC3)ccc(N3CCCCC3)c2n1. The summed E-state index contributed by atoms with van der Waals surface area (Å²) in [5.74, 6) is -0.196. The highest BCUT2D eigenvalue weighted by atomic mass is 16.5. The Morgan fingerprint density at radius 1 is 1.12 bits per heavy atom. The highest BCUT2D eigenvalue weighted by Gasteiger charge is 2.20. The number of hydrogen-bond acceptors (Lipinski definition) is 5. The monoisotopic (exact) mass is 355 g/mol. The molecule has 0 amide bonds. The molecule has 6 nitrogen and oxygen atoms in total. The van der Waals surface area contributed by atoms with E-state index in [0.717, 1.165) is 74.2 Å². The summed E-state index contributed by atoms with van der Waals surface area (Å²) in [5.41, 5.74) is 1.83. The number of carbonyl (C=O) groups is 1. The normalized spacial score (nSPS) is 18.8. The summed E-state index contributed by atoms with van der Waals surface area (Å²) in [4.78, 5) is 18.2. The third kappa shape index (κ3) is 3.46. The lowest BCUT2D eigenvalue weighted by Gasteiger charge is -2.30. The molecule has 2 aliphatic rings. The predicted molar refractivity (Wildman–Crippen MR) is 101 cm³/mol. The molecular formula is C20H25N3O3. The summed E-state index contributed by atoms with van der Waals surface area (Å²) >= 11 is 0. The summed E-state index contributed by atoms with van der Waals surface area (Å²) in [6.07, 6.45) is 5.73. The first-order valence-electron chi connectivity index (χ1n) is 9.52. The van der Waals surface area contributed by atoms with Crippen molar-refractivity contribution in [3.8, 4) is 5.75 Å². The number of carboxylic acid groups (broad SMARTS) is 1. The Hall–Kier alpha value is -2.34. The third-order valence-electron chi connectivity index (χ3n) is 5.29. The standard InChI is InChI=1S/C20H25N3O3/c24-20(25)16-5-4-15-18(26-14-8-10-21-11-9-14)7-6-17(19(15)22-16)23-12-2-1-3-13-23/h4-7,14,21H,1-3,8-13H2,(H,24,25). The van der Waals surface area contributed by atoms with Crippen LogP contribution in [0.3, 0.4) is 0 Å². The van der Waals surface area contributed by atoms with E-state index >= 15 is 0 Å². The van der Waals surface area contributed by atoms with Crippen LogP contribution in [0.5, 0.6) is 5.75 Å². The van der Waals surface area contributed by atoms with Crippen LogP contribution in [0, 0.1) is 0 Å². The first kappa shape index (κ1) is 17.1. The van der Waals surface area contributed by atoms with E-state index in [1.807, 2.05) is 18.2 Å². The van der Waals surface area contributed by atoms with Gasteiger partial charge in [0.05, 0.1) is 11.2 Å². The van der Waals surface area contributed by atoms with E-state index < -0.39 is 5.97 Å². The Labute approximate surface area is 153 Å². The minimum Gasteiger partial charge on any atom is -0.490 e. The third-order valence-corrected chi connectivity index (χ3v) is 5.29. The number of aromatic nitrogens is 1. The lowest BCUT2D eigenvalue weighted by molar-refractivity contribution is 0.0691. The van der Waals surface area contributed by atoms with E-state index in [-0.39, 0.29) is 11.8 Å². The molecule has 138 valence electrons. The molecule has 2 N–H and O–H groups in total. The molecule has 0 atom stereocenters. The number of fused-ring (bicyclic) bond motifs is 1. The van der Waals surface area contributed by atoms with Gasteiger partial charge < -0.3 is 20.1 Å². The van der Waals surface area contributed by atoms with E-state index in [1.165, 1.54) is 6.42 Å². The van der Waals surface area contributed by atoms with Crippen molar-refractivity contribution in [1.29, 1.82) is 0 Å². The first-order valence-corrected chi connectivity index (χ1v) is 9.52. The number of hydrogen-bond donors (Lipinski definition) is 2. The number of anilines is 1. The molecule has 0 saturated carbocycles. The van der Waals surface area contributed by atoms with Crippen molar-refractivity contribution in [3.63, 3.8) is 0 Å². The number of benzene rings is 1. The molecule has 2 aliphatic heterocycles. The minimum absolute atomic E-state index is 0.0785. The fraction of sp³-hybridized carbons (Fsp3) is 0.500. The maximum Gasteiger partial charge on any atom is 0.354 e. The van der Waals surface area contributed by atoms with Gasteiger partial charge in [0, 0.05) is 18.5 Å². The molecule has 0 aliphatic carbocycles. The van der Waals surface area contributed by atoms with Crippen LogP contribution in [0.15, 0.2) is 24.3 Å². The molecule has 0 unspecified atom stereocenters. The molecule has 2 saturated heterocycles. The second kappa shape index (κ2) is 7.50. The Morgan fingerprint density at radius 2 is 1.88 bits per heavy atom. The number of ether oxygens (including phenoxy) is 1. The number of piperidine rings is 2. The van der Waals surface area contributed by atoms with Gasteiger partial charge in [0.15, 0.2) is 0 Å². The molecule has 26 heavy (non-hydrogen) atoms. The molecule has 0 spiro atoms. The number of rotatable bonds is 4. The molecule has 0 radical (unpaired) electrons. The van der Waals surface area contributed by atoms with Gasteiger partial charge in [-0.3, -0.25) is 0 Å². The predicted octanol–water partition coefficient (Wildman–Crippen LogP) is 3.05. The smallest absolute Gasteiger partial charge is 0.354 e. The van der Waals surface area contributed by atoms with Crippen LogP contribution in [-0.2, 0) is 0 Å². The molecule has 6 heteroatoms. The van der Waals surface area contributed by atoms with Gasteiger partial charge in [-0.25, -0.2) is 9.78 Å². The van der Waals surface area contributed by atoms with E-state index in [0.29, 0.717) is 0 Å². The first-order chi connectivity index (χ1) is 12.7. The van der Waals surface area contributed by atoms with Crippen LogP contribution in [0.4, 0.5) is 5.69 Å². The number of nitrogens with zero attached hydrogens (tertiary/aromatic N) is 2. The Morgan fingerprint density at radius 3 is 2.62 bits per heavy atom. The van der Waals surface area contributed by atoms with Crippen LogP contribution in [0.2, 0.25) is 0 Å². The highest BCUT2D eigenvalue weighted by Crippen LogP contribution is 2.35. The van der Waals surface area contributed by atoms with Crippen LogP contribution in [-0.4, -0.2) is 48.3 Å². The molecule has 1 aromatic carbocycles. The van der Waals surface area contributed by atoms with Gasteiger partial charge in [0.25, 0.3) is 0 Å². The van der Waals surface area contributed by atoms with Crippen molar-refractivity contribution in [3.05, 3.63) is 30.0 Å². The zero-order chi connectivity index (χ0) is 17.9. The van der Waals surface area contributed by atoms with Gasteiger partial charge in [-0.1, -0.05) is 0 Å². The zero-order valence-corrected chi connectivity index (χ0v) is 14.9. The van der Waals surface area contributed by atoms with Crippen molar-refractivity contribution in [2.75, 3.05) is 31.1 Å². The van der Waals surface area contributed by atoms with Crippen LogP contribution < -0.4 is 15.0 Å². The van der Waals surface area contributed by atoms with Gasteiger partial charge in [-0.05, 0) is 69.5 Å². The maximum absolute atomic E-state index is 11.4. The van der Waals surface area contributed by atoms with Gasteiger partial charge >= 0.3 is 5.97 Å². The molecule has 2 aromatic rings. The summed E-state index contributed by atoms with van der Waals surface area (Å²) in [6.45, 7) is 3.91. The topological polar surface area (TPSA) is 74.7 Å². The molecule has 0 bridgehead atoms. The van der Waals surface area contributed by atoms with Crippen molar-refractivity contribution >= 4 is 22.6 Å². The van der Waals surface area contributed by atoms with Crippen molar-refractivity contribution in [2.24, 2.45) is 0 Å². The van der Waals surface area contributed by atoms with Gasteiger partial charge in [-0.2, -0.15) is 0 Å². The lowest BCUT2D eigenvalue weighted by Crippen LogP contribution is -2.34. The second-order valence-electron chi connectivity index (χ2n) is 7.10. The van der Waals surface area contributed by atoms with Gasteiger partial charge in [0.1, 0.15) is 17.5 Å². The number of nitrogens with one attached hydrogen (secondary N) is 1. The summed E-state index contributed by atoms with van der Waals surface area (Å²) in [7, 11) is 0. The van der Waals surface area contributed by atoms with Crippen molar-refractivity contribution in [2.45, 2.75) is 38.2 Å². The zero-order valence-electron chi connectivity index (χ0n) is 14.9. The molecule has 1 aromatic heterocycles. The van der Waals surface area contributed by atoms with E-state index in [2.05, 4.69) is 15.2 Å². The van der Waals surface area contributed by atoms with Crippen LogP contribution in [0.1, 0.15) is 42.6 Å². The molecule has 3 heterocycles. The Balaban J connectivity index is 1.75. The van der Waals surface area contributed by atoms with Crippen LogP contribution in [0.25, 0.3) is 10.9 Å². The maximum atomic E-state index is 11.4. The Bertz CT molecular complexity index is 796. The average Bonchev–Trinajstić information content (AvgIpc) is 2.69. The van der Waals surface area contributed by atoms with E-state index in [4.69, 9.17) is 4.74 Å². The molecule has 4 rings (SSSR count). The summed E-state index contributed by atoms with van der Waals surface area (Å²) in [6, 6.07) is 7.48. The number of pyridine rings is 1. The largest absolute Gasteiger partial charge is 0.490 e. The van der Waals surface area contributed by atoms with Crippen molar-refractivity contribution in [1.82, 2.24) is 10.3 Å². The second-order valence-corrected chi connectivity index (χ2v) is 7.10. The van der Waals surface area contributed by atoms with Crippen LogP contribution >= 0.6 is 0 Å². The fourth-order valence-corrected chi connectivity index (χ4v) is 3.88. The average molecular weight is 355 g/mol.